The van der Waals surface area contributed by atoms with Gasteiger partial charge in [-0.2, -0.15) is 0 Å². The lowest BCUT2D eigenvalue weighted by molar-refractivity contribution is -0.137. The van der Waals surface area contributed by atoms with Crippen molar-refractivity contribution in [1.29, 1.82) is 0 Å². The second kappa shape index (κ2) is 12.9. The lowest BCUT2D eigenvalue weighted by Gasteiger charge is -2.19. The van der Waals surface area contributed by atoms with Gasteiger partial charge in [-0.3, -0.25) is 14.4 Å². The van der Waals surface area contributed by atoms with E-state index in [4.69, 9.17) is 9.47 Å². The lowest BCUT2D eigenvalue weighted by atomic mass is 9.94. The van der Waals surface area contributed by atoms with Gasteiger partial charge in [0, 0.05) is 23.5 Å². The number of benzene rings is 2. The molecule has 1 aromatic heterocycles. The molecule has 0 radical (unpaired) electrons. The van der Waals surface area contributed by atoms with Crippen molar-refractivity contribution < 1.29 is 23.9 Å². The molecule has 0 unspecified atom stereocenters. The van der Waals surface area contributed by atoms with Crippen LogP contribution < -0.4 is 20.1 Å². The summed E-state index contributed by atoms with van der Waals surface area (Å²) in [5.74, 6) is -1.98. The van der Waals surface area contributed by atoms with Crippen LogP contribution in [0.3, 0.4) is 0 Å². The number of ether oxygens (including phenoxy) is 2. The number of nitrogens with one attached hydrogen (secondary N) is 2. The molecule has 0 spiro atoms. The molecule has 39 heavy (non-hydrogen) atoms. The first-order valence-corrected chi connectivity index (χ1v) is 12.7. The van der Waals surface area contributed by atoms with Crippen LogP contribution >= 0.6 is 0 Å². The predicted molar refractivity (Wildman–Crippen MR) is 150 cm³/mol. The summed E-state index contributed by atoms with van der Waals surface area (Å²) in [5, 5.41) is 5.59. The Morgan fingerprint density at radius 3 is 1.87 bits per heavy atom. The molecule has 1 heterocycles. The number of aryl methyl sites for hydroxylation is 2. The quantitative estimate of drug-likeness (QED) is 0.379. The zero-order valence-electron chi connectivity index (χ0n) is 23.4. The molecule has 0 aliphatic carbocycles. The number of allylic oxidation sites excluding steroid dienone is 1. The van der Waals surface area contributed by atoms with Gasteiger partial charge in [-0.25, -0.2) is 4.98 Å². The molecule has 0 bridgehead atoms. The van der Waals surface area contributed by atoms with Gasteiger partial charge in [-0.05, 0) is 38.8 Å². The summed E-state index contributed by atoms with van der Waals surface area (Å²) in [5.41, 5.74) is 5.52. The van der Waals surface area contributed by atoms with Crippen molar-refractivity contribution in [2.45, 2.75) is 47.6 Å². The van der Waals surface area contributed by atoms with Crippen LogP contribution in [-0.4, -0.2) is 35.9 Å². The van der Waals surface area contributed by atoms with Crippen molar-refractivity contribution in [3.05, 3.63) is 94.4 Å². The van der Waals surface area contributed by atoms with E-state index in [1.54, 1.807) is 20.8 Å². The molecule has 8 heteroatoms. The average Bonchev–Trinajstić information content (AvgIpc) is 2.90. The number of esters is 1. The number of aromatic nitrogens is 1. The zero-order chi connectivity index (χ0) is 28.7. The van der Waals surface area contributed by atoms with Crippen LogP contribution in [0.5, 0.6) is 11.5 Å². The van der Waals surface area contributed by atoms with Gasteiger partial charge in [0.1, 0.15) is 6.04 Å². The number of amides is 2. The molecule has 2 amide bonds. The maximum Gasteiger partial charge on any atom is 0.313 e. The monoisotopic (exact) mass is 529 g/mol. The first-order chi connectivity index (χ1) is 18.5. The third-order valence-corrected chi connectivity index (χ3v) is 6.08. The fourth-order valence-corrected chi connectivity index (χ4v) is 3.80. The van der Waals surface area contributed by atoms with Crippen LogP contribution in [-0.2, 0) is 9.59 Å². The van der Waals surface area contributed by atoms with Gasteiger partial charge in [0.25, 0.3) is 5.91 Å². The largest absolute Gasteiger partial charge is 0.493 e. The second-order valence-electron chi connectivity index (χ2n) is 9.68. The Balaban J connectivity index is 1.86. The van der Waals surface area contributed by atoms with Gasteiger partial charge in [-0.15, -0.1) is 0 Å². The molecule has 2 aromatic carbocycles. The highest BCUT2D eigenvalue weighted by molar-refractivity contribution is 5.99. The van der Waals surface area contributed by atoms with Crippen LogP contribution in [0.1, 0.15) is 60.4 Å². The zero-order valence-corrected chi connectivity index (χ0v) is 23.4. The molecule has 3 aromatic rings. The van der Waals surface area contributed by atoms with E-state index in [-0.39, 0.29) is 17.2 Å². The van der Waals surface area contributed by atoms with E-state index >= 15 is 0 Å². The Morgan fingerprint density at radius 2 is 1.38 bits per heavy atom. The Labute approximate surface area is 229 Å². The van der Waals surface area contributed by atoms with E-state index < -0.39 is 29.7 Å². The van der Waals surface area contributed by atoms with Gasteiger partial charge in [0.2, 0.25) is 11.7 Å². The fraction of sp³-hybridized carbons (Fsp3) is 0.290. The topological polar surface area (TPSA) is 107 Å². The molecule has 0 saturated heterocycles. The normalized spacial score (nSPS) is 11.4. The molecule has 0 saturated carbocycles. The summed E-state index contributed by atoms with van der Waals surface area (Å²) in [7, 11) is 1.40. The van der Waals surface area contributed by atoms with E-state index in [2.05, 4.69) is 15.6 Å². The van der Waals surface area contributed by atoms with Crippen molar-refractivity contribution in [2.24, 2.45) is 5.92 Å². The standard InChI is InChI=1S/C31H35N3O5/c1-18(2)31(37)39-28-25(38-7)16-17-32-27(28)30(36)34-22(6)29(35)33-21(5)26(23-12-8-19(3)9-13-23)24-14-10-20(4)11-15-24/h8-18,22H,1-7H3,(H,33,35)(H,34,36)/t22-/m0/s1. The van der Waals surface area contributed by atoms with Crippen molar-refractivity contribution in [1.82, 2.24) is 15.6 Å². The molecular weight excluding hydrogens is 494 g/mol. The Hall–Kier alpha value is -4.46. The van der Waals surface area contributed by atoms with Crippen LogP contribution in [0.15, 0.2) is 66.5 Å². The van der Waals surface area contributed by atoms with E-state index in [1.807, 2.05) is 69.3 Å². The molecule has 3 rings (SSSR count). The maximum atomic E-state index is 13.2. The number of hydrogen-bond acceptors (Lipinski definition) is 6. The van der Waals surface area contributed by atoms with Crippen LogP contribution in [0.2, 0.25) is 0 Å². The van der Waals surface area contributed by atoms with Crippen LogP contribution in [0.25, 0.3) is 5.57 Å². The highest BCUT2D eigenvalue weighted by atomic mass is 16.6. The smallest absolute Gasteiger partial charge is 0.313 e. The lowest BCUT2D eigenvalue weighted by Crippen LogP contribution is -2.44. The number of hydrogen-bond donors (Lipinski definition) is 2. The van der Waals surface area contributed by atoms with Gasteiger partial charge in [0.15, 0.2) is 11.4 Å². The number of carbonyl (C=O) groups is 3. The SMILES string of the molecule is COc1ccnc(C(=O)N[C@@H](C)C(=O)NC(C)=C(c2ccc(C)cc2)c2ccc(C)cc2)c1OC(=O)C(C)C. The highest BCUT2D eigenvalue weighted by Crippen LogP contribution is 2.30. The van der Waals surface area contributed by atoms with E-state index in [9.17, 15) is 14.4 Å². The predicted octanol–water partition coefficient (Wildman–Crippen LogP) is 4.98. The average molecular weight is 530 g/mol. The minimum Gasteiger partial charge on any atom is -0.493 e. The summed E-state index contributed by atoms with van der Waals surface area (Å²) < 4.78 is 10.7. The summed E-state index contributed by atoms with van der Waals surface area (Å²) in [6.45, 7) is 10.8. The number of nitrogens with zero attached hydrogens (tertiary/aromatic N) is 1. The van der Waals surface area contributed by atoms with E-state index in [0.717, 1.165) is 27.8 Å². The highest BCUT2D eigenvalue weighted by Gasteiger charge is 2.26. The van der Waals surface area contributed by atoms with Crippen LogP contribution in [0, 0.1) is 19.8 Å². The minimum absolute atomic E-state index is 0.0964. The Bertz CT molecular complexity index is 1330. The third kappa shape index (κ3) is 7.31. The van der Waals surface area contributed by atoms with Crippen molar-refractivity contribution in [3.8, 4) is 11.5 Å². The van der Waals surface area contributed by atoms with Crippen LogP contribution in [0.4, 0.5) is 0 Å². The second-order valence-corrected chi connectivity index (χ2v) is 9.68. The number of methoxy groups -OCH3 is 1. The molecule has 0 aliphatic rings. The summed E-state index contributed by atoms with van der Waals surface area (Å²) in [4.78, 5) is 42.6. The summed E-state index contributed by atoms with van der Waals surface area (Å²) in [6, 6.07) is 16.7. The molecule has 1 atom stereocenters. The van der Waals surface area contributed by atoms with Crippen molar-refractivity contribution >= 4 is 23.4 Å². The molecule has 0 fully saturated rings. The number of pyridine rings is 1. The Kier molecular flexibility index (Phi) is 9.60. The Morgan fingerprint density at radius 1 is 0.846 bits per heavy atom. The summed E-state index contributed by atoms with van der Waals surface area (Å²) in [6.07, 6.45) is 1.37. The molecule has 2 N–H and O–H groups in total. The van der Waals surface area contributed by atoms with Gasteiger partial charge in [-0.1, -0.05) is 73.5 Å². The van der Waals surface area contributed by atoms with E-state index in [0.29, 0.717) is 5.70 Å². The van der Waals surface area contributed by atoms with E-state index in [1.165, 1.54) is 19.4 Å². The van der Waals surface area contributed by atoms with Gasteiger partial charge < -0.3 is 20.1 Å². The molecule has 8 nitrogen and oxygen atoms in total. The van der Waals surface area contributed by atoms with Gasteiger partial charge in [0.05, 0.1) is 13.0 Å². The van der Waals surface area contributed by atoms with Crippen molar-refractivity contribution in [3.63, 3.8) is 0 Å². The van der Waals surface area contributed by atoms with Gasteiger partial charge >= 0.3 is 5.97 Å². The fourth-order valence-electron chi connectivity index (χ4n) is 3.80. The third-order valence-electron chi connectivity index (χ3n) is 6.08. The summed E-state index contributed by atoms with van der Waals surface area (Å²) >= 11 is 0. The first kappa shape index (κ1) is 29.1. The first-order valence-electron chi connectivity index (χ1n) is 12.7. The van der Waals surface area contributed by atoms with Crippen molar-refractivity contribution in [2.75, 3.05) is 7.11 Å². The number of rotatable bonds is 9. The molecule has 204 valence electrons. The molecular formula is C31H35N3O5. The minimum atomic E-state index is -0.925. The number of carbonyl (C=O) groups excluding carboxylic acids is 3. The maximum absolute atomic E-state index is 13.2. The molecule has 0 aliphatic heterocycles.